The highest BCUT2D eigenvalue weighted by atomic mass is 16.7. The lowest BCUT2D eigenvalue weighted by Crippen LogP contribution is -2.28. The van der Waals surface area contributed by atoms with Gasteiger partial charge in [0, 0.05) is 11.5 Å². The van der Waals surface area contributed by atoms with E-state index >= 15 is 0 Å². The van der Waals surface area contributed by atoms with E-state index in [4.69, 9.17) is 23.7 Å². The molecule has 0 unspecified atom stereocenters. The highest BCUT2D eigenvalue weighted by Crippen LogP contribution is 2.42. The molecule has 0 amide bonds. The topological polar surface area (TPSA) is 106 Å². The van der Waals surface area contributed by atoms with Crippen LogP contribution in [0.3, 0.4) is 0 Å². The zero-order valence-corrected chi connectivity index (χ0v) is 19.2. The summed E-state index contributed by atoms with van der Waals surface area (Å²) in [5.74, 6) is 0.937. The first-order valence-electron chi connectivity index (χ1n) is 10.9. The monoisotopic (exact) mass is 451 g/mol. The zero-order valence-electron chi connectivity index (χ0n) is 19.2. The number of aromatic nitrogens is 3. The summed E-state index contributed by atoms with van der Waals surface area (Å²) in [5.41, 5.74) is 2.60. The third-order valence-corrected chi connectivity index (χ3v) is 5.57. The number of fused-ring (bicyclic) bond motifs is 1. The van der Waals surface area contributed by atoms with Crippen LogP contribution in [0.5, 0.6) is 0 Å². The summed E-state index contributed by atoms with van der Waals surface area (Å²) in [6.07, 6.45) is 2.86. The summed E-state index contributed by atoms with van der Waals surface area (Å²) < 4.78 is 23.1. The van der Waals surface area contributed by atoms with E-state index < -0.39 is 23.8 Å². The summed E-state index contributed by atoms with van der Waals surface area (Å²) >= 11 is 0. The Kier molecular flexibility index (Phi) is 4.81. The van der Waals surface area contributed by atoms with Gasteiger partial charge in [0.1, 0.15) is 35.2 Å². The summed E-state index contributed by atoms with van der Waals surface area (Å²) in [5, 5.41) is 4.04. The van der Waals surface area contributed by atoms with E-state index in [2.05, 4.69) is 5.16 Å². The van der Waals surface area contributed by atoms with Gasteiger partial charge >= 0.3 is 12.4 Å². The molecule has 9 nitrogen and oxygen atoms in total. The maximum atomic E-state index is 13.4. The van der Waals surface area contributed by atoms with Gasteiger partial charge in [0.15, 0.2) is 0 Å². The first-order valence-corrected chi connectivity index (χ1v) is 10.9. The summed E-state index contributed by atoms with van der Waals surface area (Å²) in [6.45, 7) is 9.06. The van der Waals surface area contributed by atoms with Gasteiger partial charge in [-0.3, -0.25) is 4.79 Å². The number of carbonyl (C=O) groups is 2. The Morgan fingerprint density at radius 2 is 1.82 bits per heavy atom. The third kappa shape index (κ3) is 3.77. The van der Waals surface area contributed by atoms with Crippen molar-refractivity contribution in [1.29, 1.82) is 0 Å². The van der Waals surface area contributed by atoms with Crippen LogP contribution in [0.15, 0.2) is 29.2 Å². The average Bonchev–Trinajstić information content (AvgIpc) is 3.15. The van der Waals surface area contributed by atoms with Gasteiger partial charge in [-0.25, -0.2) is 14.3 Å². The number of Topliss-reactive ketones (excluding diaryl/α,β-unsaturated/α-hetero) is 1. The quantitative estimate of drug-likeness (QED) is 0.511. The molecule has 1 saturated carbocycles. The number of rotatable bonds is 4. The van der Waals surface area contributed by atoms with Crippen molar-refractivity contribution >= 4 is 22.9 Å². The van der Waals surface area contributed by atoms with Crippen LogP contribution in [0.2, 0.25) is 0 Å². The molecule has 5 rings (SSSR count). The van der Waals surface area contributed by atoms with Gasteiger partial charge in [-0.05, 0) is 65.2 Å². The van der Waals surface area contributed by atoms with Gasteiger partial charge in [-0.2, -0.15) is 0 Å². The van der Waals surface area contributed by atoms with Gasteiger partial charge in [-0.1, -0.05) is 5.16 Å². The molecular formula is C24H25N3O6. The minimum absolute atomic E-state index is 0.135. The lowest BCUT2D eigenvalue weighted by Gasteiger charge is -2.20. The molecular weight excluding hydrogens is 426 g/mol. The second-order valence-corrected chi connectivity index (χ2v) is 9.39. The number of nitrogens with zero attached hydrogens (tertiary/aromatic N) is 3. The van der Waals surface area contributed by atoms with Gasteiger partial charge < -0.3 is 18.7 Å². The van der Waals surface area contributed by atoms with Gasteiger partial charge in [0.2, 0.25) is 5.78 Å². The van der Waals surface area contributed by atoms with Crippen molar-refractivity contribution in [3.05, 3.63) is 47.5 Å². The number of aryl methyl sites for hydroxylation is 2. The lowest BCUT2D eigenvalue weighted by atomic mass is 9.98. The van der Waals surface area contributed by atoms with Crippen molar-refractivity contribution in [1.82, 2.24) is 14.7 Å². The van der Waals surface area contributed by atoms with E-state index in [1.807, 2.05) is 33.8 Å². The molecule has 1 aliphatic heterocycles. The minimum atomic E-state index is -1.11. The lowest BCUT2D eigenvalue weighted by molar-refractivity contribution is -0.00643. The molecule has 0 saturated heterocycles. The van der Waals surface area contributed by atoms with Crippen molar-refractivity contribution < 1.29 is 28.3 Å². The van der Waals surface area contributed by atoms with E-state index in [0.29, 0.717) is 39.4 Å². The van der Waals surface area contributed by atoms with Gasteiger partial charge in [-0.15, -0.1) is 0 Å². The number of hydrogen-bond donors (Lipinski definition) is 0. The Bertz CT molecular complexity index is 1280. The Hall–Kier alpha value is -3.62. The Morgan fingerprint density at radius 3 is 2.39 bits per heavy atom. The van der Waals surface area contributed by atoms with Crippen LogP contribution >= 0.6 is 0 Å². The second-order valence-electron chi connectivity index (χ2n) is 9.39. The third-order valence-electron chi connectivity index (χ3n) is 5.57. The number of ether oxygens (including phenoxy) is 3. The highest BCUT2D eigenvalue weighted by Gasteiger charge is 2.36. The second kappa shape index (κ2) is 7.47. The largest absolute Gasteiger partial charge is 0.452 e. The number of benzene rings is 1. The molecule has 0 N–H and O–H groups in total. The fraction of sp³-hybridized carbons (Fsp3) is 0.417. The predicted molar refractivity (Wildman–Crippen MR) is 118 cm³/mol. The van der Waals surface area contributed by atoms with Crippen LogP contribution < -0.4 is 0 Å². The molecule has 2 aliphatic rings. The Morgan fingerprint density at radius 1 is 1.12 bits per heavy atom. The standard InChI is InChI=1S/C24H25N3O6/c1-12-18(13(2)33-26-12)15-10-16(20(28)22-30-8-9-31-22)19-17(11-15)27(21(25-19)14-6-7-14)23(29)32-24(3,4)5/h8-11,14,22H,6-7H2,1-5H3. The first kappa shape index (κ1) is 21.2. The van der Waals surface area contributed by atoms with Crippen molar-refractivity contribution in [3.63, 3.8) is 0 Å². The average molecular weight is 451 g/mol. The molecule has 3 heterocycles. The Balaban J connectivity index is 1.77. The SMILES string of the molecule is Cc1noc(C)c1-c1cc(C(=O)C2OC=CO2)c2nc(C3CC3)n(C(=O)OC(C)(C)C)c2c1. The molecule has 9 heteroatoms. The maximum Gasteiger partial charge on any atom is 0.420 e. The number of carbonyl (C=O) groups excluding carboxylic acids is 2. The molecule has 3 aromatic rings. The van der Waals surface area contributed by atoms with Crippen LogP contribution in [-0.2, 0) is 14.2 Å². The maximum absolute atomic E-state index is 13.4. The van der Waals surface area contributed by atoms with Crippen LogP contribution in [-0.4, -0.2) is 38.5 Å². The smallest absolute Gasteiger partial charge is 0.420 e. The molecule has 0 spiro atoms. The Labute approximate surface area is 190 Å². The fourth-order valence-electron chi connectivity index (χ4n) is 4.03. The van der Waals surface area contributed by atoms with E-state index in [1.54, 1.807) is 13.0 Å². The van der Waals surface area contributed by atoms with Crippen LogP contribution in [0, 0.1) is 13.8 Å². The molecule has 0 atom stereocenters. The molecule has 0 radical (unpaired) electrons. The summed E-state index contributed by atoms with van der Waals surface area (Å²) in [6, 6.07) is 3.56. The molecule has 1 aromatic carbocycles. The summed E-state index contributed by atoms with van der Waals surface area (Å²) in [7, 11) is 0. The molecule has 1 fully saturated rings. The van der Waals surface area contributed by atoms with Crippen molar-refractivity contribution in [2.24, 2.45) is 0 Å². The molecule has 33 heavy (non-hydrogen) atoms. The van der Waals surface area contributed by atoms with E-state index in [1.165, 1.54) is 17.1 Å². The predicted octanol–water partition coefficient (Wildman–Crippen LogP) is 5.00. The van der Waals surface area contributed by atoms with Gasteiger partial charge in [0.25, 0.3) is 0 Å². The normalized spacial score (nSPS) is 16.2. The highest BCUT2D eigenvalue weighted by molar-refractivity contribution is 6.10. The zero-order chi connectivity index (χ0) is 23.5. The van der Waals surface area contributed by atoms with Gasteiger partial charge in [0.05, 0.1) is 16.8 Å². The molecule has 0 bridgehead atoms. The van der Waals surface area contributed by atoms with Crippen LogP contribution in [0.25, 0.3) is 22.2 Å². The van der Waals surface area contributed by atoms with Crippen molar-refractivity contribution in [3.8, 4) is 11.1 Å². The molecule has 2 aromatic heterocycles. The fourth-order valence-corrected chi connectivity index (χ4v) is 4.03. The number of imidazole rings is 1. The van der Waals surface area contributed by atoms with E-state index in [-0.39, 0.29) is 5.92 Å². The number of ketones is 1. The minimum Gasteiger partial charge on any atom is -0.452 e. The van der Waals surface area contributed by atoms with Crippen molar-refractivity contribution in [2.75, 3.05) is 0 Å². The number of hydrogen-bond acceptors (Lipinski definition) is 8. The van der Waals surface area contributed by atoms with Crippen LogP contribution in [0.1, 0.15) is 67.2 Å². The summed E-state index contributed by atoms with van der Waals surface area (Å²) in [4.78, 5) is 31.4. The molecule has 1 aliphatic carbocycles. The van der Waals surface area contributed by atoms with E-state index in [0.717, 1.165) is 18.4 Å². The van der Waals surface area contributed by atoms with E-state index in [9.17, 15) is 9.59 Å². The molecule has 172 valence electrons. The first-order chi connectivity index (χ1) is 15.6. The van der Waals surface area contributed by atoms with Crippen molar-refractivity contribution in [2.45, 2.75) is 65.3 Å². The van der Waals surface area contributed by atoms with Crippen LogP contribution in [0.4, 0.5) is 4.79 Å².